The number of benzene rings is 1. The molecule has 1 aromatic carbocycles. The van der Waals surface area contributed by atoms with Crippen LogP contribution in [0.2, 0.25) is 0 Å². The van der Waals surface area contributed by atoms with E-state index in [1.165, 1.54) is 16.7 Å². The minimum Gasteiger partial charge on any atom is -0.326 e. The fourth-order valence-electron chi connectivity index (χ4n) is 3.08. The van der Waals surface area contributed by atoms with Gasteiger partial charge >= 0.3 is 0 Å². The van der Waals surface area contributed by atoms with Crippen molar-refractivity contribution < 1.29 is 0 Å². The first-order chi connectivity index (χ1) is 8.50. The van der Waals surface area contributed by atoms with E-state index in [0.717, 1.165) is 19.5 Å². The van der Waals surface area contributed by atoms with Crippen molar-refractivity contribution in [2.45, 2.75) is 46.2 Å². The lowest BCUT2D eigenvalue weighted by Gasteiger charge is -2.30. The van der Waals surface area contributed by atoms with Crippen LogP contribution < -0.4 is 5.73 Å². The summed E-state index contributed by atoms with van der Waals surface area (Å²) in [7, 11) is 0. The lowest BCUT2D eigenvalue weighted by molar-refractivity contribution is 0.220. The van der Waals surface area contributed by atoms with Gasteiger partial charge in [0.2, 0.25) is 0 Å². The molecular formula is C16H26N2. The highest BCUT2D eigenvalue weighted by Crippen LogP contribution is 2.34. The van der Waals surface area contributed by atoms with E-state index in [0.29, 0.717) is 12.0 Å². The Bertz CT molecular complexity index is 412. The number of nitrogens with zero attached hydrogens (tertiary/aromatic N) is 1. The summed E-state index contributed by atoms with van der Waals surface area (Å²) in [5.74, 6) is 0.697. The van der Waals surface area contributed by atoms with Gasteiger partial charge in [-0.1, -0.05) is 32.0 Å². The van der Waals surface area contributed by atoms with Crippen molar-refractivity contribution >= 4 is 0 Å². The van der Waals surface area contributed by atoms with E-state index >= 15 is 0 Å². The molecule has 2 N–H and O–H groups in total. The van der Waals surface area contributed by atoms with Gasteiger partial charge < -0.3 is 5.73 Å². The van der Waals surface area contributed by atoms with Gasteiger partial charge in [-0.2, -0.15) is 0 Å². The van der Waals surface area contributed by atoms with Crippen LogP contribution in [0.5, 0.6) is 0 Å². The third kappa shape index (κ3) is 2.60. The average Bonchev–Trinajstić information content (AvgIpc) is 2.63. The van der Waals surface area contributed by atoms with Gasteiger partial charge in [-0.05, 0) is 42.9 Å². The lowest BCUT2D eigenvalue weighted by Crippen LogP contribution is -2.34. The zero-order chi connectivity index (χ0) is 13.3. The van der Waals surface area contributed by atoms with E-state index < -0.39 is 0 Å². The fourth-order valence-corrected chi connectivity index (χ4v) is 3.08. The van der Waals surface area contributed by atoms with Gasteiger partial charge in [-0.25, -0.2) is 0 Å². The summed E-state index contributed by atoms with van der Waals surface area (Å²) in [4.78, 5) is 2.57. The van der Waals surface area contributed by atoms with Crippen LogP contribution in [-0.2, 0) is 0 Å². The van der Waals surface area contributed by atoms with Crippen LogP contribution in [0.1, 0.15) is 43.0 Å². The zero-order valence-corrected chi connectivity index (χ0v) is 12.1. The summed E-state index contributed by atoms with van der Waals surface area (Å²) >= 11 is 0. The van der Waals surface area contributed by atoms with Crippen molar-refractivity contribution in [2.24, 2.45) is 11.7 Å². The molecule has 1 aromatic rings. The number of likely N-dealkylation sites (tertiary alicyclic amines) is 1. The Morgan fingerprint density at radius 1 is 1.33 bits per heavy atom. The highest BCUT2D eigenvalue weighted by Gasteiger charge is 2.33. The second kappa shape index (κ2) is 5.41. The van der Waals surface area contributed by atoms with E-state index in [1.54, 1.807) is 0 Å². The smallest absolute Gasteiger partial charge is 0.0502 e. The molecule has 0 saturated carbocycles. The van der Waals surface area contributed by atoms with Crippen molar-refractivity contribution in [3.63, 3.8) is 0 Å². The predicted molar refractivity (Wildman–Crippen MR) is 77.7 cm³/mol. The van der Waals surface area contributed by atoms with Gasteiger partial charge in [0, 0.05) is 19.1 Å². The molecule has 0 bridgehead atoms. The van der Waals surface area contributed by atoms with E-state index in [-0.39, 0.29) is 6.04 Å². The third-order valence-corrected chi connectivity index (χ3v) is 4.11. The average molecular weight is 246 g/mol. The Labute approximate surface area is 111 Å². The van der Waals surface area contributed by atoms with Gasteiger partial charge in [0.1, 0.15) is 0 Å². The van der Waals surface area contributed by atoms with Gasteiger partial charge in [0.25, 0.3) is 0 Å². The molecule has 2 unspecified atom stereocenters. The standard InChI is InChI=1S/C16H26N2/c1-11(2)10-18-9-8-15(17)16(18)14-7-5-6-12(3)13(14)4/h5-7,11,15-16H,8-10,17H2,1-4H3. The van der Waals surface area contributed by atoms with Crippen LogP contribution in [0.4, 0.5) is 0 Å². The molecule has 2 heteroatoms. The maximum Gasteiger partial charge on any atom is 0.0502 e. The minimum absolute atomic E-state index is 0.282. The molecule has 1 saturated heterocycles. The van der Waals surface area contributed by atoms with Crippen molar-refractivity contribution in [3.8, 4) is 0 Å². The molecule has 0 amide bonds. The molecule has 0 radical (unpaired) electrons. The largest absolute Gasteiger partial charge is 0.326 e. The molecule has 1 fully saturated rings. The Hall–Kier alpha value is -0.860. The predicted octanol–water partition coefficient (Wildman–Crippen LogP) is 3.03. The quantitative estimate of drug-likeness (QED) is 0.888. The van der Waals surface area contributed by atoms with Gasteiger partial charge in [-0.3, -0.25) is 4.90 Å². The van der Waals surface area contributed by atoms with Gasteiger partial charge in [0.05, 0.1) is 6.04 Å². The van der Waals surface area contributed by atoms with Crippen LogP contribution in [-0.4, -0.2) is 24.0 Å². The first-order valence-corrected chi connectivity index (χ1v) is 7.06. The Balaban J connectivity index is 2.31. The Morgan fingerprint density at radius 2 is 2.06 bits per heavy atom. The summed E-state index contributed by atoms with van der Waals surface area (Å²) in [5, 5.41) is 0. The van der Waals surface area contributed by atoms with Gasteiger partial charge in [-0.15, -0.1) is 0 Å². The molecule has 1 aliphatic heterocycles. The monoisotopic (exact) mass is 246 g/mol. The zero-order valence-electron chi connectivity index (χ0n) is 12.1. The summed E-state index contributed by atoms with van der Waals surface area (Å²) < 4.78 is 0. The van der Waals surface area contributed by atoms with Crippen molar-refractivity contribution in [1.29, 1.82) is 0 Å². The molecule has 100 valence electrons. The molecule has 0 aliphatic carbocycles. The van der Waals surface area contributed by atoms with Crippen molar-refractivity contribution in [2.75, 3.05) is 13.1 Å². The maximum atomic E-state index is 6.35. The van der Waals surface area contributed by atoms with E-state index in [4.69, 9.17) is 5.73 Å². The Kier molecular flexibility index (Phi) is 4.08. The molecular weight excluding hydrogens is 220 g/mol. The fraction of sp³-hybridized carbons (Fsp3) is 0.625. The number of aryl methyl sites for hydroxylation is 1. The van der Waals surface area contributed by atoms with E-state index in [1.807, 2.05) is 0 Å². The second-order valence-corrected chi connectivity index (χ2v) is 6.08. The second-order valence-electron chi connectivity index (χ2n) is 6.08. The van der Waals surface area contributed by atoms with Crippen LogP contribution >= 0.6 is 0 Å². The molecule has 1 aliphatic rings. The van der Waals surface area contributed by atoms with E-state index in [9.17, 15) is 0 Å². The topological polar surface area (TPSA) is 29.3 Å². The first kappa shape index (κ1) is 13.6. The normalized spacial score (nSPS) is 25.0. The summed E-state index contributed by atoms with van der Waals surface area (Å²) in [6.45, 7) is 11.3. The summed E-state index contributed by atoms with van der Waals surface area (Å²) in [6.07, 6.45) is 1.12. The third-order valence-electron chi connectivity index (χ3n) is 4.11. The Morgan fingerprint density at radius 3 is 2.72 bits per heavy atom. The summed E-state index contributed by atoms with van der Waals surface area (Å²) in [6, 6.07) is 7.30. The SMILES string of the molecule is Cc1cccc(C2C(N)CCN2CC(C)C)c1C. The van der Waals surface area contributed by atoms with E-state index in [2.05, 4.69) is 50.8 Å². The number of rotatable bonds is 3. The maximum absolute atomic E-state index is 6.35. The van der Waals surface area contributed by atoms with Crippen LogP contribution in [0.25, 0.3) is 0 Å². The minimum atomic E-state index is 0.282. The molecule has 0 spiro atoms. The summed E-state index contributed by atoms with van der Waals surface area (Å²) in [5.41, 5.74) is 10.6. The van der Waals surface area contributed by atoms with Gasteiger partial charge in [0.15, 0.2) is 0 Å². The van der Waals surface area contributed by atoms with Crippen molar-refractivity contribution in [1.82, 2.24) is 4.90 Å². The van der Waals surface area contributed by atoms with Crippen LogP contribution in [0.3, 0.4) is 0 Å². The van der Waals surface area contributed by atoms with Crippen molar-refractivity contribution in [3.05, 3.63) is 34.9 Å². The molecule has 0 aromatic heterocycles. The molecule has 1 heterocycles. The number of hydrogen-bond acceptors (Lipinski definition) is 2. The number of hydrogen-bond donors (Lipinski definition) is 1. The molecule has 18 heavy (non-hydrogen) atoms. The molecule has 2 rings (SSSR count). The van der Waals surface area contributed by atoms with Crippen LogP contribution in [0, 0.1) is 19.8 Å². The highest BCUT2D eigenvalue weighted by atomic mass is 15.2. The number of nitrogens with two attached hydrogens (primary N) is 1. The first-order valence-electron chi connectivity index (χ1n) is 7.06. The lowest BCUT2D eigenvalue weighted by atomic mass is 9.93. The molecule has 2 atom stereocenters. The highest BCUT2D eigenvalue weighted by molar-refractivity contribution is 5.36. The molecule has 2 nitrogen and oxygen atoms in total. The van der Waals surface area contributed by atoms with Crippen LogP contribution in [0.15, 0.2) is 18.2 Å².